The lowest BCUT2D eigenvalue weighted by atomic mass is 10.0. The number of halogens is 1. The van der Waals surface area contributed by atoms with E-state index in [9.17, 15) is 28.8 Å². The van der Waals surface area contributed by atoms with Gasteiger partial charge in [-0.2, -0.15) is 0 Å². The molecule has 0 bridgehead atoms. The number of alkyl halides is 1. The van der Waals surface area contributed by atoms with Crippen LogP contribution >= 0.6 is 11.6 Å². The summed E-state index contributed by atoms with van der Waals surface area (Å²) in [6.07, 6.45) is 2.58. The van der Waals surface area contributed by atoms with Crippen molar-refractivity contribution in [2.24, 2.45) is 5.92 Å². The molecule has 0 saturated carbocycles. The van der Waals surface area contributed by atoms with E-state index in [1.54, 1.807) is 4.90 Å². The predicted octanol–water partition coefficient (Wildman–Crippen LogP) is 0.386. The number of hydrogen-bond donors (Lipinski definition) is 3. The number of carbonyl (C=O) groups excluding carboxylic acids is 6. The SMILES string of the molecule is CC.CC(C)[C@H](NC(=O)CNC=O)C(=O)CCl.COC(=O)CCC(=O)NCC(=O)N1CCCC1. The van der Waals surface area contributed by atoms with E-state index in [1.807, 2.05) is 27.7 Å². The third-order valence-corrected chi connectivity index (χ3v) is 4.75. The maximum absolute atomic E-state index is 11.6. The molecule has 1 atom stereocenters. The van der Waals surface area contributed by atoms with Gasteiger partial charge in [0.1, 0.15) is 0 Å². The molecule has 12 heteroatoms. The summed E-state index contributed by atoms with van der Waals surface area (Å²) in [5.41, 5.74) is 0. The second kappa shape index (κ2) is 20.9. The molecule has 11 nitrogen and oxygen atoms in total. The summed E-state index contributed by atoms with van der Waals surface area (Å²) in [4.78, 5) is 67.9. The Morgan fingerprint density at radius 1 is 1.00 bits per heavy atom. The van der Waals surface area contributed by atoms with Crippen LogP contribution in [-0.4, -0.2) is 86.0 Å². The summed E-state index contributed by atoms with van der Waals surface area (Å²) in [6.45, 7) is 9.04. The number of Topliss-reactive ketones (excluding diaryl/α,β-unsaturated/α-hetero) is 1. The van der Waals surface area contributed by atoms with Crippen molar-refractivity contribution in [1.29, 1.82) is 0 Å². The summed E-state index contributed by atoms with van der Waals surface area (Å²) >= 11 is 5.41. The number of likely N-dealkylation sites (tertiary alicyclic amines) is 1. The highest BCUT2D eigenvalue weighted by atomic mass is 35.5. The van der Waals surface area contributed by atoms with Crippen molar-refractivity contribution in [3.05, 3.63) is 0 Å². The Bertz CT molecular complexity index is 653. The van der Waals surface area contributed by atoms with Crippen molar-refractivity contribution in [3.8, 4) is 0 Å². The number of hydrogen-bond acceptors (Lipinski definition) is 7. The second-order valence-corrected chi connectivity index (χ2v) is 7.60. The lowest BCUT2D eigenvalue weighted by Crippen LogP contribution is -2.47. The maximum Gasteiger partial charge on any atom is 0.306 e. The molecule has 0 aromatic carbocycles. The van der Waals surface area contributed by atoms with Crippen LogP contribution in [0, 0.1) is 5.92 Å². The number of ketones is 1. The molecule has 1 aliphatic rings. The molecule has 0 aromatic heterocycles. The molecule has 0 radical (unpaired) electrons. The van der Waals surface area contributed by atoms with Crippen molar-refractivity contribution in [2.45, 2.75) is 59.4 Å². The predicted molar refractivity (Wildman–Crippen MR) is 128 cm³/mol. The first-order chi connectivity index (χ1) is 16.2. The first-order valence-electron chi connectivity index (χ1n) is 11.3. The topological polar surface area (TPSA) is 151 Å². The molecule has 0 aliphatic carbocycles. The van der Waals surface area contributed by atoms with Gasteiger partial charge < -0.3 is 25.6 Å². The second-order valence-electron chi connectivity index (χ2n) is 7.33. The number of esters is 1. The maximum atomic E-state index is 11.6. The van der Waals surface area contributed by atoms with Crippen molar-refractivity contribution in [1.82, 2.24) is 20.9 Å². The largest absolute Gasteiger partial charge is 0.469 e. The Balaban J connectivity index is 0. The summed E-state index contributed by atoms with van der Waals surface area (Å²) in [7, 11) is 1.27. The van der Waals surface area contributed by atoms with Crippen LogP contribution in [0.25, 0.3) is 0 Å². The standard InChI is InChI=1S/C11H18N2O4.C9H15ClN2O3.C2H6/c1-17-11(16)5-4-9(14)12-8-10(15)13-6-2-3-7-13;1-6(2)9(7(14)3-10)12-8(15)4-11-5-13;1-2/h2-8H2,1H3,(H,12,14);5-6,9H,3-4H2,1-2H3,(H,11,13)(H,12,15);1-2H3/t;9-;/m.0./s1. The molecular formula is C22H39ClN4O7. The first-order valence-corrected chi connectivity index (χ1v) is 11.9. The van der Waals surface area contributed by atoms with Gasteiger partial charge in [-0.25, -0.2) is 0 Å². The number of ether oxygens (including phenoxy) is 1. The molecule has 4 amide bonds. The van der Waals surface area contributed by atoms with Gasteiger partial charge in [0.15, 0.2) is 5.78 Å². The molecule has 0 unspecified atom stereocenters. The minimum atomic E-state index is -0.594. The third kappa shape index (κ3) is 16.0. The van der Waals surface area contributed by atoms with E-state index in [4.69, 9.17) is 11.6 Å². The normalized spacial score (nSPS) is 12.7. The Labute approximate surface area is 206 Å². The summed E-state index contributed by atoms with van der Waals surface area (Å²) in [5, 5.41) is 7.22. The highest BCUT2D eigenvalue weighted by molar-refractivity contribution is 6.28. The molecule has 0 spiro atoms. The van der Waals surface area contributed by atoms with Gasteiger partial charge in [0.2, 0.25) is 24.1 Å². The highest BCUT2D eigenvalue weighted by Gasteiger charge is 2.22. The van der Waals surface area contributed by atoms with Crippen LogP contribution in [0.4, 0.5) is 0 Å². The number of carbonyl (C=O) groups is 6. The van der Waals surface area contributed by atoms with Crippen LogP contribution in [0.1, 0.15) is 53.4 Å². The van der Waals surface area contributed by atoms with Crippen molar-refractivity contribution in [3.63, 3.8) is 0 Å². The van der Waals surface area contributed by atoms with E-state index in [0.717, 1.165) is 25.9 Å². The van der Waals surface area contributed by atoms with Crippen LogP contribution < -0.4 is 16.0 Å². The van der Waals surface area contributed by atoms with Crippen LogP contribution in [0.3, 0.4) is 0 Å². The van der Waals surface area contributed by atoms with Crippen LogP contribution in [0.2, 0.25) is 0 Å². The summed E-state index contributed by atoms with van der Waals surface area (Å²) < 4.78 is 4.41. The fourth-order valence-electron chi connectivity index (χ4n) is 2.72. The van der Waals surface area contributed by atoms with Crippen LogP contribution in [0.5, 0.6) is 0 Å². The first kappa shape index (κ1) is 33.5. The number of nitrogens with one attached hydrogen (secondary N) is 3. The molecule has 196 valence electrons. The molecular weight excluding hydrogens is 468 g/mol. The molecule has 0 aromatic rings. The van der Waals surface area contributed by atoms with Crippen molar-refractivity contribution >= 4 is 47.5 Å². The van der Waals surface area contributed by atoms with E-state index in [1.165, 1.54) is 7.11 Å². The van der Waals surface area contributed by atoms with Crippen molar-refractivity contribution in [2.75, 3.05) is 39.2 Å². The zero-order chi connectivity index (χ0) is 26.5. The monoisotopic (exact) mass is 506 g/mol. The number of nitrogens with zero attached hydrogens (tertiary/aromatic N) is 1. The molecule has 34 heavy (non-hydrogen) atoms. The van der Waals surface area contributed by atoms with Gasteiger partial charge in [-0.1, -0.05) is 27.7 Å². The Kier molecular flexibility index (Phi) is 20.6. The van der Waals surface area contributed by atoms with Gasteiger partial charge in [0.25, 0.3) is 0 Å². The fourth-order valence-corrected chi connectivity index (χ4v) is 2.89. The van der Waals surface area contributed by atoms with E-state index < -0.39 is 17.9 Å². The van der Waals surface area contributed by atoms with Gasteiger partial charge in [0, 0.05) is 19.5 Å². The van der Waals surface area contributed by atoms with Crippen LogP contribution in [0.15, 0.2) is 0 Å². The highest BCUT2D eigenvalue weighted by Crippen LogP contribution is 2.06. The lowest BCUT2D eigenvalue weighted by Gasteiger charge is -2.19. The van der Waals surface area contributed by atoms with Gasteiger partial charge >= 0.3 is 5.97 Å². The number of rotatable bonds is 12. The van der Waals surface area contributed by atoms with E-state index >= 15 is 0 Å². The van der Waals surface area contributed by atoms with Gasteiger partial charge in [-0.15, -0.1) is 11.6 Å². The third-order valence-electron chi connectivity index (χ3n) is 4.49. The molecule has 1 aliphatic heterocycles. The summed E-state index contributed by atoms with van der Waals surface area (Å²) in [5.74, 6) is -1.59. The smallest absolute Gasteiger partial charge is 0.306 e. The number of methoxy groups -OCH3 is 1. The zero-order valence-corrected chi connectivity index (χ0v) is 21.5. The molecule has 1 rings (SSSR count). The Morgan fingerprint density at radius 3 is 2.06 bits per heavy atom. The average Bonchev–Trinajstić information content (AvgIpc) is 3.39. The van der Waals surface area contributed by atoms with Gasteiger partial charge in [-0.05, 0) is 18.8 Å². The van der Waals surface area contributed by atoms with Gasteiger partial charge in [0.05, 0.1) is 38.5 Å². The van der Waals surface area contributed by atoms with Gasteiger partial charge in [-0.3, -0.25) is 28.8 Å². The summed E-state index contributed by atoms with van der Waals surface area (Å²) in [6, 6.07) is -0.594. The van der Waals surface area contributed by atoms with E-state index in [2.05, 4.69) is 20.7 Å². The van der Waals surface area contributed by atoms with Crippen molar-refractivity contribution < 1.29 is 33.5 Å². The molecule has 1 heterocycles. The zero-order valence-electron chi connectivity index (χ0n) is 20.8. The van der Waals surface area contributed by atoms with E-state index in [-0.39, 0.29) is 55.3 Å². The molecule has 1 fully saturated rings. The lowest BCUT2D eigenvalue weighted by molar-refractivity contribution is -0.142. The Hall–Kier alpha value is -2.69. The van der Waals surface area contributed by atoms with E-state index in [0.29, 0.717) is 6.41 Å². The van der Waals surface area contributed by atoms with Crippen LogP contribution in [-0.2, 0) is 33.5 Å². The minimum Gasteiger partial charge on any atom is -0.469 e. The fraction of sp³-hybridized carbons (Fsp3) is 0.727. The Morgan fingerprint density at radius 2 is 1.59 bits per heavy atom. The molecule has 3 N–H and O–H groups in total. The molecule has 1 saturated heterocycles. The number of amides is 4. The minimum absolute atomic E-state index is 0.0139. The average molecular weight is 507 g/mol. The quantitative estimate of drug-likeness (QED) is 0.197.